The van der Waals surface area contributed by atoms with E-state index in [-0.39, 0.29) is 5.84 Å². The Morgan fingerprint density at radius 1 is 1.30 bits per heavy atom. The number of amidine groups is 1. The van der Waals surface area contributed by atoms with Crippen molar-refractivity contribution in [2.24, 2.45) is 10.9 Å². The summed E-state index contributed by atoms with van der Waals surface area (Å²) in [5.74, 6) is 1.31. The minimum atomic E-state index is 0.0355. The molecule has 0 amide bonds. The molecule has 1 aliphatic heterocycles. The van der Waals surface area contributed by atoms with Gasteiger partial charge in [0.05, 0.1) is 7.11 Å². The van der Waals surface area contributed by atoms with Crippen molar-refractivity contribution in [3.63, 3.8) is 0 Å². The zero-order valence-electron chi connectivity index (χ0n) is 11.7. The number of likely N-dealkylation sites (tertiary alicyclic amines) is 1. The van der Waals surface area contributed by atoms with Crippen molar-refractivity contribution in [2.45, 2.75) is 12.8 Å². The lowest BCUT2D eigenvalue weighted by Crippen LogP contribution is -2.25. The topological polar surface area (TPSA) is 80.3 Å². The van der Waals surface area contributed by atoms with E-state index in [2.05, 4.69) is 10.1 Å². The Hall–Kier alpha value is -1.95. The fourth-order valence-corrected chi connectivity index (χ4v) is 2.28. The second-order valence-corrected chi connectivity index (χ2v) is 4.78. The van der Waals surface area contributed by atoms with Crippen LogP contribution in [0.4, 0.5) is 0 Å². The van der Waals surface area contributed by atoms with Gasteiger partial charge in [-0.05, 0) is 38.1 Å². The summed E-state index contributed by atoms with van der Waals surface area (Å²) in [7, 11) is 1.57. The molecule has 0 unspecified atom stereocenters. The predicted molar refractivity (Wildman–Crippen MR) is 76.7 cm³/mol. The highest BCUT2D eigenvalue weighted by atomic mass is 16.5. The van der Waals surface area contributed by atoms with Crippen LogP contribution in [0.15, 0.2) is 23.4 Å². The smallest absolute Gasteiger partial charge is 0.170 e. The molecule has 6 nitrogen and oxygen atoms in total. The summed E-state index contributed by atoms with van der Waals surface area (Å²) in [6, 6.07) is 5.22. The van der Waals surface area contributed by atoms with E-state index in [1.165, 1.54) is 12.8 Å². The molecule has 2 rings (SSSR count). The third-order valence-electron chi connectivity index (χ3n) is 3.39. The first-order valence-corrected chi connectivity index (χ1v) is 6.75. The number of nitrogens with two attached hydrogens (primary N) is 1. The van der Waals surface area contributed by atoms with Crippen molar-refractivity contribution in [1.29, 1.82) is 0 Å². The standard InChI is InChI=1S/C14H21N3O3/c1-19-12-8-11(14(15)16-18)9-13(10-12)20-7-6-17-4-2-3-5-17/h8-10,18H,2-7H2,1H3,(H2,15,16). The second-order valence-electron chi connectivity index (χ2n) is 4.78. The third-order valence-corrected chi connectivity index (χ3v) is 3.39. The number of oxime groups is 1. The van der Waals surface area contributed by atoms with E-state index in [9.17, 15) is 0 Å². The van der Waals surface area contributed by atoms with Gasteiger partial charge in [0, 0.05) is 18.2 Å². The van der Waals surface area contributed by atoms with Crippen molar-refractivity contribution >= 4 is 5.84 Å². The quantitative estimate of drug-likeness (QED) is 0.355. The Labute approximate surface area is 118 Å². The van der Waals surface area contributed by atoms with Crippen molar-refractivity contribution in [3.8, 4) is 11.5 Å². The van der Waals surface area contributed by atoms with Gasteiger partial charge >= 0.3 is 0 Å². The molecule has 0 aromatic heterocycles. The van der Waals surface area contributed by atoms with E-state index in [1.807, 2.05) is 0 Å². The van der Waals surface area contributed by atoms with E-state index in [0.29, 0.717) is 23.7 Å². The normalized spacial score (nSPS) is 16.4. The van der Waals surface area contributed by atoms with Gasteiger partial charge in [-0.3, -0.25) is 4.90 Å². The first-order chi connectivity index (χ1) is 9.72. The number of rotatable bonds is 6. The van der Waals surface area contributed by atoms with Gasteiger partial charge in [-0.2, -0.15) is 0 Å². The van der Waals surface area contributed by atoms with Crippen LogP contribution in [0.1, 0.15) is 18.4 Å². The number of nitrogens with zero attached hydrogens (tertiary/aromatic N) is 2. The Kier molecular flexibility index (Phi) is 5.06. The molecule has 0 atom stereocenters. The predicted octanol–water partition coefficient (Wildman–Crippen LogP) is 1.26. The summed E-state index contributed by atoms with van der Waals surface area (Å²) in [6.45, 7) is 3.83. The van der Waals surface area contributed by atoms with Crippen molar-refractivity contribution in [3.05, 3.63) is 23.8 Å². The molecule has 1 fully saturated rings. The number of ether oxygens (including phenoxy) is 2. The molecule has 1 heterocycles. The Morgan fingerprint density at radius 3 is 2.65 bits per heavy atom. The molecular formula is C14H21N3O3. The lowest BCUT2D eigenvalue weighted by molar-refractivity contribution is 0.237. The SMILES string of the molecule is COc1cc(OCCN2CCCC2)cc(/C(N)=N/O)c1. The Balaban J connectivity index is 1.98. The molecule has 1 saturated heterocycles. The average Bonchev–Trinajstić information content (AvgIpc) is 2.99. The average molecular weight is 279 g/mol. The van der Waals surface area contributed by atoms with Crippen LogP contribution >= 0.6 is 0 Å². The largest absolute Gasteiger partial charge is 0.497 e. The third kappa shape index (κ3) is 3.77. The van der Waals surface area contributed by atoms with Gasteiger partial charge in [-0.1, -0.05) is 5.16 Å². The van der Waals surface area contributed by atoms with Gasteiger partial charge in [0.2, 0.25) is 0 Å². The molecule has 3 N–H and O–H groups in total. The molecule has 0 radical (unpaired) electrons. The van der Waals surface area contributed by atoms with Gasteiger partial charge in [-0.25, -0.2) is 0 Å². The van der Waals surface area contributed by atoms with E-state index in [0.717, 1.165) is 19.6 Å². The van der Waals surface area contributed by atoms with Crippen molar-refractivity contribution in [2.75, 3.05) is 33.4 Å². The number of hydrogen-bond donors (Lipinski definition) is 2. The summed E-state index contributed by atoms with van der Waals surface area (Å²) < 4.78 is 10.9. The van der Waals surface area contributed by atoms with Crippen molar-refractivity contribution in [1.82, 2.24) is 4.90 Å². The molecule has 110 valence electrons. The summed E-state index contributed by atoms with van der Waals surface area (Å²) in [4.78, 5) is 2.38. The summed E-state index contributed by atoms with van der Waals surface area (Å²) in [6.07, 6.45) is 2.54. The van der Waals surface area contributed by atoms with Crippen LogP contribution in [0.3, 0.4) is 0 Å². The van der Waals surface area contributed by atoms with Gasteiger partial charge in [0.1, 0.15) is 18.1 Å². The molecule has 0 bridgehead atoms. The highest BCUT2D eigenvalue weighted by molar-refractivity contribution is 5.97. The zero-order valence-corrected chi connectivity index (χ0v) is 11.7. The summed E-state index contributed by atoms with van der Waals surface area (Å²) in [5, 5.41) is 11.7. The van der Waals surface area contributed by atoms with Crippen LogP contribution in [-0.2, 0) is 0 Å². The maximum atomic E-state index is 8.74. The van der Waals surface area contributed by atoms with E-state index < -0.39 is 0 Å². The Morgan fingerprint density at radius 2 is 2.00 bits per heavy atom. The van der Waals surface area contributed by atoms with E-state index >= 15 is 0 Å². The molecule has 0 saturated carbocycles. The molecule has 1 aromatic carbocycles. The minimum Gasteiger partial charge on any atom is -0.497 e. The first-order valence-electron chi connectivity index (χ1n) is 6.75. The zero-order chi connectivity index (χ0) is 14.4. The van der Waals surface area contributed by atoms with Crippen LogP contribution in [0.5, 0.6) is 11.5 Å². The molecule has 0 aliphatic carbocycles. The van der Waals surface area contributed by atoms with Gasteiger partial charge in [-0.15, -0.1) is 0 Å². The van der Waals surface area contributed by atoms with Gasteiger partial charge < -0.3 is 20.4 Å². The highest BCUT2D eigenvalue weighted by Crippen LogP contribution is 2.22. The van der Waals surface area contributed by atoms with E-state index in [1.54, 1.807) is 25.3 Å². The number of hydrogen-bond acceptors (Lipinski definition) is 5. The van der Waals surface area contributed by atoms with Crippen LogP contribution in [-0.4, -0.2) is 49.3 Å². The molecule has 1 aliphatic rings. The van der Waals surface area contributed by atoms with Crippen LogP contribution in [0, 0.1) is 0 Å². The van der Waals surface area contributed by atoms with Crippen LogP contribution in [0.2, 0.25) is 0 Å². The second kappa shape index (κ2) is 7.00. The van der Waals surface area contributed by atoms with Crippen LogP contribution < -0.4 is 15.2 Å². The summed E-state index contributed by atoms with van der Waals surface area (Å²) >= 11 is 0. The van der Waals surface area contributed by atoms with E-state index in [4.69, 9.17) is 20.4 Å². The lowest BCUT2D eigenvalue weighted by atomic mass is 10.2. The Bertz CT molecular complexity index is 471. The fourth-order valence-electron chi connectivity index (χ4n) is 2.28. The molecule has 1 aromatic rings. The van der Waals surface area contributed by atoms with Gasteiger partial charge in [0.15, 0.2) is 5.84 Å². The fraction of sp³-hybridized carbons (Fsp3) is 0.500. The molecular weight excluding hydrogens is 258 g/mol. The lowest BCUT2D eigenvalue weighted by Gasteiger charge is -2.15. The summed E-state index contributed by atoms with van der Waals surface area (Å²) in [5.41, 5.74) is 6.17. The molecule has 20 heavy (non-hydrogen) atoms. The maximum Gasteiger partial charge on any atom is 0.170 e. The molecule has 0 spiro atoms. The van der Waals surface area contributed by atoms with Crippen LogP contribution in [0.25, 0.3) is 0 Å². The number of benzene rings is 1. The van der Waals surface area contributed by atoms with Crippen molar-refractivity contribution < 1.29 is 14.7 Å². The highest BCUT2D eigenvalue weighted by Gasteiger charge is 2.11. The number of methoxy groups -OCH3 is 1. The monoisotopic (exact) mass is 279 g/mol. The molecule has 6 heteroatoms. The first kappa shape index (κ1) is 14.5. The minimum absolute atomic E-state index is 0.0355. The van der Waals surface area contributed by atoms with Gasteiger partial charge in [0.25, 0.3) is 0 Å². The maximum absolute atomic E-state index is 8.74.